The first kappa shape index (κ1) is 15.8. The minimum atomic E-state index is 0.239. The summed E-state index contributed by atoms with van der Waals surface area (Å²) in [6.45, 7) is 8.51. The molecule has 0 amide bonds. The molecular formula is C16H27NO2. The maximum Gasteiger partial charge on any atom is 0.161 e. The summed E-state index contributed by atoms with van der Waals surface area (Å²) in [5.74, 6) is 1.66. The van der Waals surface area contributed by atoms with E-state index >= 15 is 0 Å². The Labute approximate surface area is 117 Å². The van der Waals surface area contributed by atoms with Crippen molar-refractivity contribution in [3.63, 3.8) is 0 Å². The normalized spacial score (nSPS) is 11.4. The van der Waals surface area contributed by atoms with E-state index in [1.54, 1.807) is 0 Å². The lowest BCUT2D eigenvalue weighted by atomic mass is 9.87. The molecule has 1 aromatic rings. The number of hydrogen-bond acceptors (Lipinski definition) is 3. The van der Waals surface area contributed by atoms with Crippen molar-refractivity contribution in [1.82, 2.24) is 0 Å². The summed E-state index contributed by atoms with van der Waals surface area (Å²) in [6, 6.07) is 7.82. The molecule has 1 rings (SSSR count). The maximum atomic E-state index is 5.78. The minimum absolute atomic E-state index is 0.239. The smallest absolute Gasteiger partial charge is 0.161 e. The van der Waals surface area contributed by atoms with Crippen LogP contribution >= 0.6 is 0 Å². The molecule has 0 bridgehead atoms. The third-order valence-electron chi connectivity index (χ3n) is 3.21. The number of para-hydroxylation sites is 2. The lowest BCUT2D eigenvalue weighted by Gasteiger charge is -2.21. The van der Waals surface area contributed by atoms with Crippen molar-refractivity contribution in [2.75, 3.05) is 19.8 Å². The van der Waals surface area contributed by atoms with Crippen molar-refractivity contribution in [2.45, 2.75) is 40.0 Å². The quantitative estimate of drug-likeness (QED) is 0.694. The molecule has 0 unspecified atom stereocenters. The molecule has 0 heterocycles. The highest BCUT2D eigenvalue weighted by Gasteiger charge is 2.14. The predicted molar refractivity (Wildman–Crippen MR) is 79.8 cm³/mol. The molecule has 1 aromatic carbocycles. The van der Waals surface area contributed by atoms with Crippen molar-refractivity contribution in [3.8, 4) is 11.5 Å². The molecule has 0 spiro atoms. The van der Waals surface area contributed by atoms with E-state index < -0.39 is 0 Å². The third-order valence-corrected chi connectivity index (χ3v) is 3.21. The summed E-state index contributed by atoms with van der Waals surface area (Å²) in [5.41, 5.74) is 5.96. The Bertz CT molecular complexity index is 364. The third kappa shape index (κ3) is 5.97. The second-order valence-corrected chi connectivity index (χ2v) is 5.55. The number of rotatable bonds is 9. The van der Waals surface area contributed by atoms with Crippen molar-refractivity contribution in [1.29, 1.82) is 0 Å². The Morgan fingerprint density at radius 3 is 2.26 bits per heavy atom. The fraction of sp³-hybridized carbons (Fsp3) is 0.625. The van der Waals surface area contributed by atoms with Crippen LogP contribution in [0.4, 0.5) is 0 Å². The Hall–Kier alpha value is -1.22. The fourth-order valence-electron chi connectivity index (χ4n) is 1.83. The van der Waals surface area contributed by atoms with Gasteiger partial charge in [0.1, 0.15) is 0 Å². The molecule has 0 aliphatic heterocycles. The summed E-state index contributed by atoms with van der Waals surface area (Å²) < 4.78 is 11.3. The summed E-state index contributed by atoms with van der Waals surface area (Å²) in [6.07, 6.45) is 3.32. The number of benzene rings is 1. The summed E-state index contributed by atoms with van der Waals surface area (Å²) in [4.78, 5) is 0. The molecule has 108 valence electrons. The fourth-order valence-corrected chi connectivity index (χ4v) is 1.83. The van der Waals surface area contributed by atoms with Gasteiger partial charge in [-0.3, -0.25) is 0 Å². The second kappa shape index (κ2) is 8.05. The zero-order valence-electron chi connectivity index (χ0n) is 12.4. The predicted octanol–water partition coefficient (Wildman–Crippen LogP) is 3.62. The standard InChI is InChI=1S/C16H27NO2/c1-4-18-14-9-5-6-10-15(14)19-12-8-7-11-16(2,3)13-17/h5-6,9-10H,4,7-8,11-13,17H2,1-3H3. The minimum Gasteiger partial charge on any atom is -0.490 e. The zero-order chi connectivity index (χ0) is 14.1. The highest BCUT2D eigenvalue weighted by atomic mass is 16.5. The van der Waals surface area contributed by atoms with E-state index in [0.717, 1.165) is 43.9 Å². The molecule has 19 heavy (non-hydrogen) atoms. The van der Waals surface area contributed by atoms with E-state index in [-0.39, 0.29) is 5.41 Å². The number of nitrogens with two attached hydrogens (primary N) is 1. The van der Waals surface area contributed by atoms with Crippen LogP contribution in [0.25, 0.3) is 0 Å². The van der Waals surface area contributed by atoms with Crippen LogP contribution in [0, 0.1) is 5.41 Å². The molecule has 2 N–H and O–H groups in total. The number of ether oxygens (including phenoxy) is 2. The maximum absolute atomic E-state index is 5.78. The van der Waals surface area contributed by atoms with Gasteiger partial charge in [0.25, 0.3) is 0 Å². The van der Waals surface area contributed by atoms with Gasteiger partial charge in [0, 0.05) is 0 Å². The molecule has 0 aliphatic rings. The van der Waals surface area contributed by atoms with E-state index in [1.807, 2.05) is 31.2 Å². The van der Waals surface area contributed by atoms with Gasteiger partial charge in [0.15, 0.2) is 11.5 Å². The van der Waals surface area contributed by atoms with Gasteiger partial charge in [0.05, 0.1) is 13.2 Å². The van der Waals surface area contributed by atoms with Gasteiger partial charge in [-0.15, -0.1) is 0 Å². The van der Waals surface area contributed by atoms with E-state index in [2.05, 4.69) is 13.8 Å². The van der Waals surface area contributed by atoms with E-state index in [9.17, 15) is 0 Å². The van der Waals surface area contributed by atoms with Crippen LogP contribution in [0.1, 0.15) is 40.0 Å². The average molecular weight is 265 g/mol. The first-order valence-electron chi connectivity index (χ1n) is 7.14. The molecule has 0 atom stereocenters. The second-order valence-electron chi connectivity index (χ2n) is 5.55. The van der Waals surface area contributed by atoms with E-state index in [4.69, 9.17) is 15.2 Å². The molecule has 0 aliphatic carbocycles. The molecule has 0 fully saturated rings. The van der Waals surface area contributed by atoms with E-state index in [1.165, 1.54) is 0 Å². The number of unbranched alkanes of at least 4 members (excludes halogenated alkanes) is 1. The van der Waals surface area contributed by atoms with Gasteiger partial charge in [-0.25, -0.2) is 0 Å². The molecule has 0 saturated heterocycles. The van der Waals surface area contributed by atoms with Crippen molar-refractivity contribution < 1.29 is 9.47 Å². The monoisotopic (exact) mass is 265 g/mol. The first-order valence-corrected chi connectivity index (χ1v) is 7.14. The number of hydrogen-bond donors (Lipinski definition) is 1. The Morgan fingerprint density at radius 2 is 1.68 bits per heavy atom. The summed E-state index contributed by atoms with van der Waals surface area (Å²) in [5, 5.41) is 0. The highest BCUT2D eigenvalue weighted by molar-refractivity contribution is 5.39. The lowest BCUT2D eigenvalue weighted by Crippen LogP contribution is -2.23. The van der Waals surface area contributed by atoms with Gasteiger partial charge in [-0.2, -0.15) is 0 Å². The topological polar surface area (TPSA) is 44.5 Å². The Morgan fingerprint density at radius 1 is 1.05 bits per heavy atom. The van der Waals surface area contributed by atoms with Crippen LogP contribution in [-0.4, -0.2) is 19.8 Å². The van der Waals surface area contributed by atoms with Crippen LogP contribution < -0.4 is 15.2 Å². The molecular weight excluding hydrogens is 238 g/mol. The van der Waals surface area contributed by atoms with Crippen LogP contribution in [0.2, 0.25) is 0 Å². The summed E-state index contributed by atoms with van der Waals surface area (Å²) >= 11 is 0. The van der Waals surface area contributed by atoms with E-state index in [0.29, 0.717) is 6.61 Å². The Balaban J connectivity index is 2.29. The molecule has 3 nitrogen and oxygen atoms in total. The van der Waals surface area contributed by atoms with Crippen molar-refractivity contribution in [3.05, 3.63) is 24.3 Å². The van der Waals surface area contributed by atoms with Gasteiger partial charge in [0.2, 0.25) is 0 Å². The molecule has 0 saturated carbocycles. The SMILES string of the molecule is CCOc1ccccc1OCCCCC(C)(C)CN. The van der Waals surface area contributed by atoms with Crippen molar-refractivity contribution >= 4 is 0 Å². The molecule has 0 aromatic heterocycles. The van der Waals surface area contributed by atoms with Gasteiger partial charge >= 0.3 is 0 Å². The zero-order valence-corrected chi connectivity index (χ0v) is 12.4. The van der Waals surface area contributed by atoms with Crippen LogP contribution in [0.3, 0.4) is 0 Å². The van der Waals surface area contributed by atoms with Crippen LogP contribution in [0.5, 0.6) is 11.5 Å². The lowest BCUT2D eigenvalue weighted by molar-refractivity contribution is 0.259. The van der Waals surface area contributed by atoms with Gasteiger partial charge in [-0.1, -0.05) is 26.0 Å². The van der Waals surface area contributed by atoms with Crippen LogP contribution in [-0.2, 0) is 0 Å². The van der Waals surface area contributed by atoms with Crippen LogP contribution in [0.15, 0.2) is 24.3 Å². The van der Waals surface area contributed by atoms with Gasteiger partial charge < -0.3 is 15.2 Å². The van der Waals surface area contributed by atoms with Crippen molar-refractivity contribution in [2.24, 2.45) is 11.1 Å². The largest absolute Gasteiger partial charge is 0.490 e. The molecule has 3 heteroatoms. The first-order chi connectivity index (χ1) is 9.09. The Kier molecular flexibility index (Phi) is 6.71. The summed E-state index contributed by atoms with van der Waals surface area (Å²) in [7, 11) is 0. The highest BCUT2D eigenvalue weighted by Crippen LogP contribution is 2.27. The molecule has 0 radical (unpaired) electrons. The average Bonchev–Trinajstić information content (AvgIpc) is 2.40. The van der Waals surface area contributed by atoms with Gasteiger partial charge in [-0.05, 0) is 50.3 Å².